The molecule has 33 heavy (non-hydrogen) atoms. The van der Waals surface area contributed by atoms with E-state index >= 15 is 0 Å². The molecular formula is C21H14Cl2N4O6. The second-order valence-electron chi connectivity index (χ2n) is 6.67. The van der Waals surface area contributed by atoms with Crippen molar-refractivity contribution in [1.29, 1.82) is 0 Å². The third-order valence-corrected chi connectivity index (χ3v) is 5.12. The topological polar surface area (TPSA) is 144 Å². The second kappa shape index (κ2) is 10.1. The molecule has 0 saturated heterocycles. The predicted molar refractivity (Wildman–Crippen MR) is 123 cm³/mol. The van der Waals surface area contributed by atoms with E-state index in [0.717, 1.165) is 12.1 Å². The summed E-state index contributed by atoms with van der Waals surface area (Å²) in [7, 11) is 0. The summed E-state index contributed by atoms with van der Waals surface area (Å²) >= 11 is 11.6. The van der Waals surface area contributed by atoms with Crippen LogP contribution in [0, 0.1) is 20.2 Å². The van der Waals surface area contributed by atoms with E-state index in [9.17, 15) is 29.8 Å². The first kappa shape index (κ1) is 23.6. The van der Waals surface area contributed by atoms with Crippen molar-refractivity contribution in [2.24, 2.45) is 0 Å². The van der Waals surface area contributed by atoms with Crippen molar-refractivity contribution in [2.75, 3.05) is 10.6 Å². The standard InChI is InChI=1S/C21H14Cl2N4O6/c22-15-8-6-13(10-17(15)26(30)31)24-20(28)19(12-4-2-1-3-5-12)21(29)25-14-7-9-16(23)18(11-14)27(32)33/h1-11,19H,(H,24,28)(H,25,29). The smallest absolute Gasteiger partial charge is 0.289 e. The molecule has 12 heteroatoms. The number of hydrogen-bond acceptors (Lipinski definition) is 6. The van der Waals surface area contributed by atoms with Gasteiger partial charge in [-0.2, -0.15) is 0 Å². The Morgan fingerprint density at radius 1 is 0.727 bits per heavy atom. The zero-order valence-electron chi connectivity index (χ0n) is 16.5. The summed E-state index contributed by atoms with van der Waals surface area (Å²) in [6.07, 6.45) is 0. The summed E-state index contributed by atoms with van der Waals surface area (Å²) in [5.74, 6) is -2.94. The maximum Gasteiger partial charge on any atom is 0.289 e. The molecule has 2 amide bonds. The van der Waals surface area contributed by atoms with Gasteiger partial charge in [0.05, 0.1) is 9.85 Å². The number of benzene rings is 3. The van der Waals surface area contributed by atoms with Crippen LogP contribution in [-0.2, 0) is 9.59 Å². The Kier molecular flexibility index (Phi) is 7.21. The van der Waals surface area contributed by atoms with Crippen LogP contribution in [0.2, 0.25) is 10.0 Å². The van der Waals surface area contributed by atoms with Crippen LogP contribution in [0.4, 0.5) is 22.7 Å². The van der Waals surface area contributed by atoms with Crippen LogP contribution < -0.4 is 10.6 Å². The van der Waals surface area contributed by atoms with E-state index in [1.165, 1.54) is 24.3 Å². The van der Waals surface area contributed by atoms with Gasteiger partial charge < -0.3 is 10.6 Å². The Morgan fingerprint density at radius 2 is 1.15 bits per heavy atom. The molecule has 3 aromatic rings. The van der Waals surface area contributed by atoms with Crippen LogP contribution >= 0.6 is 23.2 Å². The molecule has 0 heterocycles. The Hall–Kier alpha value is -4.02. The number of carbonyl (C=O) groups excluding carboxylic acids is 2. The van der Waals surface area contributed by atoms with E-state index in [4.69, 9.17) is 23.2 Å². The summed E-state index contributed by atoms with van der Waals surface area (Å²) in [6.45, 7) is 0. The van der Waals surface area contributed by atoms with Gasteiger partial charge in [0.1, 0.15) is 16.0 Å². The first-order valence-electron chi connectivity index (χ1n) is 9.22. The summed E-state index contributed by atoms with van der Waals surface area (Å²) in [5.41, 5.74) is -0.370. The number of rotatable bonds is 7. The van der Waals surface area contributed by atoms with Gasteiger partial charge in [-0.15, -0.1) is 0 Å². The van der Waals surface area contributed by atoms with Crippen molar-refractivity contribution >= 4 is 57.8 Å². The predicted octanol–water partition coefficient (Wildman–Crippen LogP) is 5.17. The lowest BCUT2D eigenvalue weighted by molar-refractivity contribution is -0.384. The quantitative estimate of drug-likeness (QED) is 0.266. The summed E-state index contributed by atoms with van der Waals surface area (Å²) in [4.78, 5) is 46.9. The number of anilines is 2. The second-order valence-corrected chi connectivity index (χ2v) is 7.48. The highest BCUT2D eigenvalue weighted by Gasteiger charge is 2.29. The molecule has 168 valence electrons. The van der Waals surface area contributed by atoms with Gasteiger partial charge in [-0.05, 0) is 29.8 Å². The van der Waals surface area contributed by atoms with Crippen LogP contribution in [0.15, 0.2) is 66.7 Å². The van der Waals surface area contributed by atoms with Crippen LogP contribution in [0.3, 0.4) is 0 Å². The number of nitro groups is 2. The van der Waals surface area contributed by atoms with Crippen LogP contribution in [0.1, 0.15) is 11.5 Å². The molecule has 3 rings (SSSR count). The third kappa shape index (κ3) is 5.62. The molecule has 10 nitrogen and oxygen atoms in total. The van der Waals surface area contributed by atoms with E-state index in [0.29, 0.717) is 5.56 Å². The molecular weight excluding hydrogens is 475 g/mol. The molecule has 0 unspecified atom stereocenters. The molecule has 2 N–H and O–H groups in total. The average molecular weight is 489 g/mol. The van der Waals surface area contributed by atoms with E-state index in [1.54, 1.807) is 30.3 Å². The number of amides is 2. The van der Waals surface area contributed by atoms with Crippen LogP contribution in [-0.4, -0.2) is 21.7 Å². The minimum absolute atomic E-state index is 0.0620. The fourth-order valence-corrected chi connectivity index (χ4v) is 3.33. The highest BCUT2D eigenvalue weighted by Crippen LogP contribution is 2.30. The molecule has 0 aliphatic heterocycles. The molecule has 0 saturated carbocycles. The lowest BCUT2D eigenvalue weighted by Crippen LogP contribution is -2.32. The van der Waals surface area contributed by atoms with Gasteiger partial charge in [-0.25, -0.2) is 0 Å². The zero-order valence-corrected chi connectivity index (χ0v) is 18.0. The van der Waals surface area contributed by atoms with Crippen LogP contribution in [0.5, 0.6) is 0 Å². The fraction of sp³-hybridized carbons (Fsp3) is 0.0476. The van der Waals surface area contributed by atoms with Gasteiger partial charge in [0.25, 0.3) is 11.4 Å². The van der Waals surface area contributed by atoms with E-state index < -0.39 is 39.0 Å². The molecule has 3 aromatic carbocycles. The van der Waals surface area contributed by atoms with Gasteiger partial charge in [0.15, 0.2) is 0 Å². The lowest BCUT2D eigenvalue weighted by atomic mass is 9.97. The van der Waals surface area contributed by atoms with Gasteiger partial charge in [-0.1, -0.05) is 53.5 Å². The highest BCUT2D eigenvalue weighted by atomic mass is 35.5. The largest absolute Gasteiger partial charge is 0.325 e. The molecule has 0 atom stereocenters. The lowest BCUT2D eigenvalue weighted by Gasteiger charge is -2.17. The van der Waals surface area contributed by atoms with E-state index in [-0.39, 0.29) is 21.4 Å². The average Bonchev–Trinajstić information content (AvgIpc) is 2.77. The Bertz CT molecular complexity index is 1180. The van der Waals surface area contributed by atoms with E-state index in [1.807, 2.05) is 0 Å². The van der Waals surface area contributed by atoms with E-state index in [2.05, 4.69) is 10.6 Å². The van der Waals surface area contributed by atoms with Crippen molar-refractivity contribution in [3.05, 3.63) is 103 Å². The van der Waals surface area contributed by atoms with Gasteiger partial charge in [-0.3, -0.25) is 29.8 Å². The zero-order chi connectivity index (χ0) is 24.1. The van der Waals surface area contributed by atoms with Crippen molar-refractivity contribution in [3.63, 3.8) is 0 Å². The molecule has 0 bridgehead atoms. The number of nitro benzene ring substituents is 2. The monoisotopic (exact) mass is 488 g/mol. The van der Waals surface area contributed by atoms with Crippen molar-refractivity contribution in [2.45, 2.75) is 5.92 Å². The van der Waals surface area contributed by atoms with Gasteiger partial charge in [0.2, 0.25) is 11.8 Å². The SMILES string of the molecule is O=C(Nc1ccc(Cl)c([N+](=O)[O-])c1)C(C(=O)Nc1ccc(Cl)c([N+](=O)[O-])c1)c1ccccc1. The molecule has 0 radical (unpaired) electrons. The van der Waals surface area contributed by atoms with Crippen molar-refractivity contribution in [3.8, 4) is 0 Å². The summed E-state index contributed by atoms with van der Waals surface area (Å²) < 4.78 is 0. The molecule has 0 fully saturated rings. The summed E-state index contributed by atoms with van der Waals surface area (Å²) in [6, 6.07) is 15.4. The first-order chi connectivity index (χ1) is 15.7. The normalized spacial score (nSPS) is 10.5. The van der Waals surface area contributed by atoms with Crippen LogP contribution in [0.25, 0.3) is 0 Å². The minimum atomic E-state index is -1.38. The molecule has 0 spiro atoms. The van der Waals surface area contributed by atoms with Crippen molar-refractivity contribution < 1.29 is 19.4 Å². The number of nitrogens with one attached hydrogen (secondary N) is 2. The highest BCUT2D eigenvalue weighted by molar-refractivity contribution is 6.33. The third-order valence-electron chi connectivity index (χ3n) is 4.48. The molecule has 0 aromatic heterocycles. The maximum absolute atomic E-state index is 13.0. The number of carbonyl (C=O) groups is 2. The van der Waals surface area contributed by atoms with Gasteiger partial charge >= 0.3 is 0 Å². The Labute approximate surface area is 196 Å². The maximum atomic E-state index is 13.0. The fourth-order valence-electron chi connectivity index (χ4n) is 2.96. The Balaban J connectivity index is 1.91. The molecule has 0 aliphatic rings. The number of nitrogens with zero attached hydrogens (tertiary/aromatic N) is 2. The van der Waals surface area contributed by atoms with Crippen molar-refractivity contribution in [1.82, 2.24) is 0 Å². The number of halogens is 2. The summed E-state index contributed by atoms with van der Waals surface area (Å²) in [5, 5.41) is 27.0. The minimum Gasteiger partial charge on any atom is -0.325 e. The Morgan fingerprint density at radius 3 is 1.55 bits per heavy atom. The van der Waals surface area contributed by atoms with Gasteiger partial charge in [0, 0.05) is 23.5 Å². The number of hydrogen-bond donors (Lipinski definition) is 2. The first-order valence-corrected chi connectivity index (χ1v) is 9.97. The molecule has 0 aliphatic carbocycles.